The van der Waals surface area contributed by atoms with Crippen LogP contribution in [0.4, 0.5) is 5.69 Å². The first-order valence-electron chi connectivity index (χ1n) is 11.9. The Morgan fingerprint density at radius 2 is 1.82 bits per heavy atom. The number of benzene rings is 2. The third-order valence-electron chi connectivity index (χ3n) is 6.73. The number of nitrogens with one attached hydrogen (secondary N) is 1. The number of nitrogens with zero attached hydrogens (tertiary/aromatic N) is 3. The monoisotopic (exact) mass is 459 g/mol. The van der Waals surface area contributed by atoms with Crippen LogP contribution in [0.2, 0.25) is 0 Å². The number of hydrogen-bond donors (Lipinski definition) is 2. The number of aromatic nitrogens is 2. The molecule has 1 saturated carbocycles. The van der Waals surface area contributed by atoms with Crippen LogP contribution in [0.1, 0.15) is 49.5 Å². The van der Waals surface area contributed by atoms with Crippen LogP contribution in [-0.2, 0) is 22.6 Å². The van der Waals surface area contributed by atoms with E-state index in [9.17, 15) is 14.4 Å². The minimum atomic E-state index is -0.302. The zero-order valence-electron chi connectivity index (χ0n) is 19.1. The van der Waals surface area contributed by atoms with Gasteiger partial charge in [-0.25, -0.2) is 4.98 Å². The van der Waals surface area contributed by atoms with Crippen LogP contribution in [0.25, 0.3) is 10.9 Å². The number of primary amides is 1. The van der Waals surface area contributed by atoms with E-state index in [1.807, 2.05) is 42.5 Å². The Morgan fingerprint density at radius 3 is 2.62 bits per heavy atom. The molecule has 2 fully saturated rings. The third kappa shape index (κ3) is 4.59. The number of aryl methyl sites for hydroxylation is 1. The molecule has 0 bridgehead atoms. The summed E-state index contributed by atoms with van der Waals surface area (Å²) in [5, 5.41) is 3.64. The first-order chi connectivity index (χ1) is 16.5. The fourth-order valence-electron chi connectivity index (χ4n) is 4.85. The van der Waals surface area contributed by atoms with E-state index in [2.05, 4.69) is 10.2 Å². The lowest BCUT2D eigenvalue weighted by molar-refractivity contribution is -0.122. The normalized spacial score (nSPS) is 18.3. The van der Waals surface area contributed by atoms with E-state index in [0.717, 1.165) is 43.5 Å². The molecule has 1 unspecified atom stereocenters. The van der Waals surface area contributed by atoms with Crippen molar-refractivity contribution in [3.05, 3.63) is 70.3 Å². The molecule has 34 heavy (non-hydrogen) atoms. The number of likely N-dealkylation sites (tertiary alicyclic amines) is 1. The van der Waals surface area contributed by atoms with Crippen molar-refractivity contribution in [3.8, 4) is 0 Å². The Kier molecular flexibility index (Phi) is 6.15. The molecule has 8 heteroatoms. The molecule has 2 aliphatic rings. The van der Waals surface area contributed by atoms with Crippen LogP contribution in [-0.4, -0.2) is 38.9 Å². The highest BCUT2D eigenvalue weighted by atomic mass is 16.2. The standard InChI is InChI=1S/C26H29N5O3/c27-25(33)22-10-5-15-30(22)16-17-6-1-3-8-20(17)29-24(32)14-13-23-28-21-9-4-2-7-19(21)26(34)31(23)18-11-12-18/h1-4,6-9,18,22H,5,10-16H2,(H2,27,33)(H,29,32). The molecule has 1 aliphatic heterocycles. The molecule has 1 saturated heterocycles. The summed E-state index contributed by atoms with van der Waals surface area (Å²) in [6.07, 6.45) is 4.25. The maximum absolute atomic E-state index is 13.0. The highest BCUT2D eigenvalue weighted by Crippen LogP contribution is 2.35. The van der Waals surface area contributed by atoms with Crippen molar-refractivity contribution in [2.45, 2.75) is 57.2 Å². The number of anilines is 1. The Balaban J connectivity index is 1.30. The summed E-state index contributed by atoms with van der Waals surface area (Å²) in [5.41, 5.74) is 7.88. The molecule has 1 atom stereocenters. The number of fused-ring (bicyclic) bond motifs is 1. The lowest BCUT2D eigenvalue weighted by atomic mass is 10.1. The van der Waals surface area contributed by atoms with E-state index in [-0.39, 0.29) is 35.9 Å². The molecule has 0 spiro atoms. The molecule has 3 aromatic rings. The van der Waals surface area contributed by atoms with E-state index in [4.69, 9.17) is 10.7 Å². The minimum Gasteiger partial charge on any atom is -0.368 e. The van der Waals surface area contributed by atoms with Gasteiger partial charge >= 0.3 is 0 Å². The summed E-state index contributed by atoms with van der Waals surface area (Å²) in [4.78, 5) is 44.5. The number of amides is 2. The van der Waals surface area contributed by atoms with Gasteiger partial charge in [-0.3, -0.25) is 23.9 Å². The van der Waals surface area contributed by atoms with E-state index < -0.39 is 0 Å². The highest BCUT2D eigenvalue weighted by Gasteiger charge is 2.30. The SMILES string of the molecule is NC(=O)C1CCCN1Cc1ccccc1NC(=O)CCc1nc2ccccc2c(=O)n1C1CC1. The zero-order valence-corrected chi connectivity index (χ0v) is 19.1. The predicted molar refractivity (Wildman–Crippen MR) is 130 cm³/mol. The van der Waals surface area contributed by atoms with Crippen molar-refractivity contribution in [3.63, 3.8) is 0 Å². The number of carbonyl (C=O) groups excluding carboxylic acids is 2. The van der Waals surface area contributed by atoms with Gasteiger partial charge in [0.2, 0.25) is 11.8 Å². The average molecular weight is 460 g/mol. The Labute approximate surface area is 197 Å². The van der Waals surface area contributed by atoms with Crippen LogP contribution in [0.3, 0.4) is 0 Å². The summed E-state index contributed by atoms with van der Waals surface area (Å²) in [6.45, 7) is 1.36. The third-order valence-corrected chi connectivity index (χ3v) is 6.73. The fraction of sp³-hybridized carbons (Fsp3) is 0.385. The summed E-state index contributed by atoms with van der Waals surface area (Å²) in [7, 11) is 0. The summed E-state index contributed by atoms with van der Waals surface area (Å²) < 4.78 is 1.78. The largest absolute Gasteiger partial charge is 0.368 e. The van der Waals surface area contributed by atoms with Gasteiger partial charge in [0, 0.05) is 31.1 Å². The van der Waals surface area contributed by atoms with Crippen molar-refractivity contribution >= 4 is 28.4 Å². The summed E-state index contributed by atoms with van der Waals surface area (Å²) >= 11 is 0. The number of para-hydroxylation sites is 2. The molecule has 8 nitrogen and oxygen atoms in total. The van der Waals surface area contributed by atoms with Crippen LogP contribution >= 0.6 is 0 Å². The van der Waals surface area contributed by atoms with Gasteiger partial charge in [-0.1, -0.05) is 30.3 Å². The Bertz CT molecular complexity index is 1300. The quantitative estimate of drug-likeness (QED) is 0.538. The van der Waals surface area contributed by atoms with Crippen molar-refractivity contribution in [1.82, 2.24) is 14.5 Å². The number of rotatable bonds is 8. The van der Waals surface area contributed by atoms with Crippen LogP contribution < -0.4 is 16.6 Å². The van der Waals surface area contributed by atoms with Crippen molar-refractivity contribution in [1.29, 1.82) is 0 Å². The van der Waals surface area contributed by atoms with Crippen LogP contribution in [0.15, 0.2) is 53.3 Å². The Hall–Kier alpha value is -3.52. The summed E-state index contributed by atoms with van der Waals surface area (Å²) in [5.74, 6) is 0.227. The molecule has 1 aromatic heterocycles. The second kappa shape index (κ2) is 9.38. The van der Waals surface area contributed by atoms with Crippen LogP contribution in [0, 0.1) is 0 Å². The molecule has 2 aromatic carbocycles. The number of hydrogen-bond acceptors (Lipinski definition) is 5. The van der Waals surface area contributed by atoms with Crippen molar-refractivity contribution < 1.29 is 9.59 Å². The van der Waals surface area contributed by atoms with Gasteiger partial charge < -0.3 is 11.1 Å². The van der Waals surface area contributed by atoms with Gasteiger partial charge in [0.05, 0.1) is 16.9 Å². The van der Waals surface area contributed by atoms with Crippen molar-refractivity contribution in [2.75, 3.05) is 11.9 Å². The van der Waals surface area contributed by atoms with Crippen LogP contribution in [0.5, 0.6) is 0 Å². The second-order valence-corrected chi connectivity index (χ2v) is 9.19. The van der Waals surface area contributed by atoms with Gasteiger partial charge in [0.15, 0.2) is 0 Å². The topological polar surface area (TPSA) is 110 Å². The molecule has 1 aliphatic carbocycles. The van der Waals surface area contributed by atoms with Gasteiger partial charge in [0.1, 0.15) is 5.82 Å². The predicted octanol–water partition coefficient (Wildman–Crippen LogP) is 2.75. The first-order valence-corrected chi connectivity index (χ1v) is 11.9. The van der Waals surface area contributed by atoms with Crippen molar-refractivity contribution in [2.24, 2.45) is 5.73 Å². The van der Waals surface area contributed by atoms with Gasteiger partial charge in [-0.05, 0) is 56.0 Å². The molecular weight excluding hydrogens is 430 g/mol. The van der Waals surface area contributed by atoms with Gasteiger partial charge in [-0.15, -0.1) is 0 Å². The second-order valence-electron chi connectivity index (χ2n) is 9.19. The lowest BCUT2D eigenvalue weighted by Gasteiger charge is -2.23. The molecule has 2 heterocycles. The average Bonchev–Trinajstić information content (AvgIpc) is 3.55. The molecule has 176 valence electrons. The number of carbonyl (C=O) groups is 2. The van der Waals surface area contributed by atoms with E-state index in [0.29, 0.717) is 29.7 Å². The van der Waals surface area contributed by atoms with E-state index in [1.54, 1.807) is 10.6 Å². The highest BCUT2D eigenvalue weighted by molar-refractivity contribution is 5.91. The molecule has 2 amide bonds. The van der Waals surface area contributed by atoms with Gasteiger partial charge in [-0.2, -0.15) is 0 Å². The molecular formula is C26H29N5O3. The maximum atomic E-state index is 13.0. The maximum Gasteiger partial charge on any atom is 0.261 e. The zero-order chi connectivity index (χ0) is 23.7. The van der Waals surface area contributed by atoms with E-state index in [1.165, 1.54) is 0 Å². The van der Waals surface area contributed by atoms with E-state index >= 15 is 0 Å². The molecule has 5 rings (SSSR count). The molecule has 3 N–H and O–H groups in total. The lowest BCUT2D eigenvalue weighted by Crippen LogP contribution is -2.39. The smallest absolute Gasteiger partial charge is 0.261 e. The minimum absolute atomic E-state index is 0.0246. The molecule has 0 radical (unpaired) electrons. The first kappa shape index (κ1) is 22.3. The Morgan fingerprint density at radius 1 is 1.06 bits per heavy atom. The number of nitrogens with two attached hydrogens (primary N) is 1. The summed E-state index contributed by atoms with van der Waals surface area (Å²) in [6, 6.07) is 14.9. The van der Waals surface area contributed by atoms with Gasteiger partial charge in [0.25, 0.3) is 5.56 Å². The fourth-order valence-corrected chi connectivity index (χ4v) is 4.85.